The van der Waals surface area contributed by atoms with Crippen molar-refractivity contribution in [2.24, 2.45) is 0 Å². The molecule has 7 heteroatoms. The predicted molar refractivity (Wildman–Crippen MR) is 93.9 cm³/mol. The van der Waals surface area contributed by atoms with Gasteiger partial charge >= 0.3 is 0 Å². The highest BCUT2D eigenvalue weighted by atomic mass is 16.5. The van der Waals surface area contributed by atoms with Gasteiger partial charge in [0, 0.05) is 32.6 Å². The van der Waals surface area contributed by atoms with Crippen molar-refractivity contribution in [2.45, 2.75) is 6.54 Å². The summed E-state index contributed by atoms with van der Waals surface area (Å²) in [7, 11) is 3.91. The third-order valence-electron chi connectivity index (χ3n) is 4.19. The highest BCUT2D eigenvalue weighted by Crippen LogP contribution is 2.22. The number of aromatic nitrogens is 3. The lowest BCUT2D eigenvalue weighted by atomic mass is 10.2. The van der Waals surface area contributed by atoms with Crippen molar-refractivity contribution in [3.05, 3.63) is 36.3 Å². The molecule has 1 fully saturated rings. The number of nitrogens with zero attached hydrogens (tertiary/aromatic N) is 5. The fourth-order valence-electron chi connectivity index (χ4n) is 3.07. The number of fused-ring (bicyclic) bond motifs is 3. The van der Waals surface area contributed by atoms with E-state index in [1.807, 2.05) is 43.5 Å². The highest BCUT2D eigenvalue weighted by molar-refractivity contribution is 5.92. The molecule has 1 aromatic carbocycles. The van der Waals surface area contributed by atoms with Gasteiger partial charge in [-0.15, -0.1) is 0 Å². The van der Waals surface area contributed by atoms with Gasteiger partial charge in [-0.05, 0) is 12.1 Å². The Hall–Kier alpha value is -2.22. The lowest BCUT2D eigenvalue weighted by Crippen LogP contribution is -2.36. The molecule has 126 valence electrons. The Bertz CT molecular complexity index is 853. The van der Waals surface area contributed by atoms with Crippen molar-refractivity contribution in [1.82, 2.24) is 24.3 Å². The highest BCUT2D eigenvalue weighted by Gasteiger charge is 2.16. The number of para-hydroxylation sites is 1. The van der Waals surface area contributed by atoms with E-state index in [-0.39, 0.29) is 0 Å². The zero-order chi connectivity index (χ0) is 16.5. The second-order valence-electron chi connectivity index (χ2n) is 6.26. The number of ether oxygens (including phenoxy) is 1. The van der Waals surface area contributed by atoms with E-state index < -0.39 is 0 Å². The second-order valence-corrected chi connectivity index (χ2v) is 6.26. The first-order valence-electron chi connectivity index (χ1n) is 8.21. The van der Waals surface area contributed by atoms with Gasteiger partial charge in [0.25, 0.3) is 0 Å². The number of imidazole rings is 1. The Labute approximate surface area is 140 Å². The molecule has 7 nitrogen and oxygen atoms in total. The Morgan fingerprint density at radius 2 is 1.96 bits per heavy atom. The molecule has 2 aromatic heterocycles. The molecular formula is C17H22N6O. The van der Waals surface area contributed by atoms with Gasteiger partial charge in [-0.2, -0.15) is 0 Å². The average molecular weight is 326 g/mol. The first kappa shape index (κ1) is 15.3. The smallest absolute Gasteiger partial charge is 0.159 e. The summed E-state index contributed by atoms with van der Waals surface area (Å²) in [5, 5.41) is 2.95. The topological polar surface area (TPSA) is 57.9 Å². The zero-order valence-corrected chi connectivity index (χ0v) is 14.1. The van der Waals surface area contributed by atoms with E-state index in [4.69, 9.17) is 14.7 Å². The van der Waals surface area contributed by atoms with Crippen LogP contribution in [0.2, 0.25) is 0 Å². The Balaban J connectivity index is 1.81. The van der Waals surface area contributed by atoms with Crippen molar-refractivity contribution < 1.29 is 4.74 Å². The number of morpholine rings is 1. The molecule has 0 bridgehead atoms. The summed E-state index contributed by atoms with van der Waals surface area (Å²) < 4.78 is 7.55. The Morgan fingerprint density at radius 1 is 1.17 bits per heavy atom. The number of anilines is 1. The molecule has 1 N–H and O–H groups in total. The van der Waals surface area contributed by atoms with Crippen molar-refractivity contribution in [1.29, 1.82) is 0 Å². The van der Waals surface area contributed by atoms with Crippen molar-refractivity contribution in [3.8, 4) is 0 Å². The van der Waals surface area contributed by atoms with E-state index in [0.717, 1.165) is 61.0 Å². The number of hydrazine groups is 1. The second kappa shape index (κ2) is 6.35. The van der Waals surface area contributed by atoms with Crippen LogP contribution in [0.15, 0.2) is 30.5 Å². The molecule has 1 aliphatic rings. The zero-order valence-electron chi connectivity index (χ0n) is 14.1. The minimum atomic E-state index is 0.786. The first-order valence-corrected chi connectivity index (χ1v) is 8.21. The molecule has 0 atom stereocenters. The largest absolute Gasteiger partial charge is 0.379 e. The van der Waals surface area contributed by atoms with Gasteiger partial charge < -0.3 is 10.2 Å². The van der Waals surface area contributed by atoms with E-state index in [1.54, 1.807) is 0 Å². The maximum absolute atomic E-state index is 5.45. The minimum Gasteiger partial charge on any atom is -0.379 e. The first-order chi connectivity index (χ1) is 11.7. The van der Waals surface area contributed by atoms with E-state index >= 15 is 0 Å². The Morgan fingerprint density at radius 3 is 2.75 bits per heavy atom. The molecular weight excluding hydrogens is 304 g/mol. The van der Waals surface area contributed by atoms with Gasteiger partial charge in [0.2, 0.25) is 0 Å². The van der Waals surface area contributed by atoms with Crippen LogP contribution in [0.1, 0.15) is 5.82 Å². The lowest BCUT2D eigenvalue weighted by Gasteiger charge is -2.26. The SMILES string of the molecule is CN(C)Nc1cn2c(CN3CCOCC3)nc3ccccc3c2n1. The summed E-state index contributed by atoms with van der Waals surface area (Å²) in [5.74, 6) is 1.83. The Kier molecular flexibility index (Phi) is 4.05. The average Bonchev–Trinajstić information content (AvgIpc) is 2.99. The third-order valence-corrected chi connectivity index (χ3v) is 4.19. The summed E-state index contributed by atoms with van der Waals surface area (Å²) >= 11 is 0. The van der Waals surface area contributed by atoms with Gasteiger partial charge in [0.15, 0.2) is 5.82 Å². The van der Waals surface area contributed by atoms with Crippen LogP contribution < -0.4 is 5.43 Å². The van der Waals surface area contributed by atoms with Crippen molar-refractivity contribution in [3.63, 3.8) is 0 Å². The van der Waals surface area contributed by atoms with Crippen LogP contribution in [0.4, 0.5) is 5.82 Å². The van der Waals surface area contributed by atoms with Crippen molar-refractivity contribution >= 4 is 22.4 Å². The maximum Gasteiger partial charge on any atom is 0.159 e. The lowest BCUT2D eigenvalue weighted by molar-refractivity contribution is 0.0329. The molecule has 1 saturated heterocycles. The third kappa shape index (κ3) is 2.93. The number of rotatable bonds is 4. The van der Waals surface area contributed by atoms with Crippen LogP contribution in [-0.2, 0) is 11.3 Å². The molecule has 3 heterocycles. The van der Waals surface area contributed by atoms with Crippen LogP contribution in [0, 0.1) is 0 Å². The molecule has 1 aliphatic heterocycles. The fraction of sp³-hybridized carbons (Fsp3) is 0.412. The van der Waals surface area contributed by atoms with Crippen LogP contribution >= 0.6 is 0 Å². The summed E-state index contributed by atoms with van der Waals surface area (Å²) in [6.07, 6.45) is 2.02. The quantitative estimate of drug-likeness (QED) is 0.735. The molecule has 0 radical (unpaired) electrons. The van der Waals surface area contributed by atoms with Crippen LogP contribution in [0.5, 0.6) is 0 Å². The number of nitrogens with one attached hydrogen (secondary N) is 1. The van der Waals surface area contributed by atoms with Gasteiger partial charge in [-0.1, -0.05) is 12.1 Å². The fourth-order valence-corrected chi connectivity index (χ4v) is 3.07. The van der Waals surface area contributed by atoms with E-state index in [9.17, 15) is 0 Å². The number of hydrogen-bond donors (Lipinski definition) is 1. The van der Waals surface area contributed by atoms with E-state index in [0.29, 0.717) is 0 Å². The van der Waals surface area contributed by atoms with Gasteiger partial charge in [0.05, 0.1) is 31.5 Å². The summed E-state index contributed by atoms with van der Waals surface area (Å²) in [6.45, 7) is 4.24. The van der Waals surface area contributed by atoms with Crippen molar-refractivity contribution in [2.75, 3.05) is 45.8 Å². The summed E-state index contributed by atoms with van der Waals surface area (Å²) in [4.78, 5) is 12.0. The maximum atomic E-state index is 5.45. The molecule has 0 amide bonds. The number of hydrogen-bond acceptors (Lipinski definition) is 6. The molecule has 0 unspecified atom stereocenters. The van der Waals surface area contributed by atoms with E-state index in [1.165, 1.54) is 0 Å². The molecule has 0 saturated carbocycles. The van der Waals surface area contributed by atoms with Crippen LogP contribution in [0.3, 0.4) is 0 Å². The van der Waals surface area contributed by atoms with Gasteiger partial charge in [-0.3, -0.25) is 9.30 Å². The van der Waals surface area contributed by atoms with E-state index in [2.05, 4.69) is 20.8 Å². The van der Waals surface area contributed by atoms with Crippen LogP contribution in [-0.4, -0.2) is 64.7 Å². The predicted octanol–water partition coefficient (Wildman–Crippen LogP) is 1.60. The molecule has 0 aliphatic carbocycles. The van der Waals surface area contributed by atoms with Gasteiger partial charge in [0.1, 0.15) is 11.5 Å². The minimum absolute atomic E-state index is 0.786. The number of benzene rings is 1. The summed E-state index contributed by atoms with van der Waals surface area (Å²) in [6, 6.07) is 8.17. The molecule has 24 heavy (non-hydrogen) atoms. The van der Waals surface area contributed by atoms with Gasteiger partial charge in [-0.25, -0.2) is 15.0 Å². The molecule has 3 aromatic rings. The monoisotopic (exact) mass is 326 g/mol. The standard InChI is InChI=1S/C17H22N6O/c1-21(2)20-15-11-23-16(12-22-7-9-24-10-8-22)18-14-6-4-3-5-13(14)17(23)19-15/h3-6,11,20H,7-10,12H2,1-2H3. The molecule has 4 rings (SSSR count). The van der Waals surface area contributed by atoms with Crippen LogP contribution in [0.25, 0.3) is 16.6 Å². The summed E-state index contributed by atoms with van der Waals surface area (Å²) in [5.41, 5.74) is 5.15. The molecule has 0 spiro atoms. The normalized spacial score (nSPS) is 16.3.